The number of rotatable bonds is 4. The first-order valence-electron chi connectivity index (χ1n) is 7.54. The van der Waals surface area contributed by atoms with Gasteiger partial charge in [0.2, 0.25) is 5.63 Å². The Morgan fingerprint density at radius 3 is 2.62 bits per heavy atom. The maximum atomic E-state index is 13.5. The van der Waals surface area contributed by atoms with Crippen molar-refractivity contribution in [1.29, 1.82) is 0 Å². The minimum absolute atomic E-state index is 0.0184. The van der Waals surface area contributed by atoms with E-state index in [1.807, 2.05) is 0 Å². The first-order valence-corrected chi connectivity index (χ1v) is 7.98. The second-order valence-corrected chi connectivity index (χ2v) is 5.91. The molecule has 1 N–H and O–H groups in total. The molecule has 1 atom stereocenters. The van der Waals surface area contributed by atoms with Crippen LogP contribution in [0.3, 0.4) is 0 Å². The van der Waals surface area contributed by atoms with Crippen LogP contribution >= 0.6 is 11.6 Å². The average molecular weight is 380 g/mol. The van der Waals surface area contributed by atoms with Crippen LogP contribution in [0.4, 0.5) is 18.9 Å². The molecule has 0 radical (unpaired) electrons. The third-order valence-electron chi connectivity index (χ3n) is 3.71. The smallest absolute Gasteiger partial charge is 0.259 e. The van der Waals surface area contributed by atoms with Gasteiger partial charge in [-0.25, -0.2) is 13.2 Å². The number of hydrogen-bond donors (Lipinski definition) is 1. The number of benzene rings is 2. The molecule has 1 unspecified atom stereocenters. The molecule has 0 aliphatic rings. The van der Waals surface area contributed by atoms with Crippen molar-refractivity contribution in [3.8, 4) is 11.1 Å². The zero-order valence-corrected chi connectivity index (χ0v) is 14.3. The third kappa shape index (κ3) is 3.57. The van der Waals surface area contributed by atoms with E-state index in [2.05, 4.69) is 10.4 Å². The van der Waals surface area contributed by atoms with Crippen LogP contribution in [0.25, 0.3) is 11.1 Å². The summed E-state index contributed by atoms with van der Waals surface area (Å²) < 4.78 is 41.4. The second kappa shape index (κ2) is 7.21. The van der Waals surface area contributed by atoms with Gasteiger partial charge in [-0.05, 0) is 23.8 Å². The van der Waals surface area contributed by atoms with E-state index in [-0.39, 0.29) is 11.3 Å². The second-order valence-electron chi connectivity index (χ2n) is 5.53. The Morgan fingerprint density at radius 1 is 1.19 bits per heavy atom. The van der Waals surface area contributed by atoms with Crippen molar-refractivity contribution >= 4 is 23.2 Å². The molecule has 134 valence electrons. The van der Waals surface area contributed by atoms with Gasteiger partial charge in [0.1, 0.15) is 5.69 Å². The predicted octanol–water partition coefficient (Wildman–Crippen LogP) is 4.82. The van der Waals surface area contributed by atoms with Gasteiger partial charge in [0, 0.05) is 24.5 Å². The SMILES string of the molecule is Cn1cc(C(=O)Nc2ccccc2-c2ccc(F)c(F)c2)c(C(F)Cl)n1. The van der Waals surface area contributed by atoms with E-state index in [0.29, 0.717) is 16.8 Å². The molecular formula is C18H13ClF3N3O. The first kappa shape index (κ1) is 18.0. The molecule has 1 amide bonds. The van der Waals surface area contributed by atoms with Crippen LogP contribution in [0.2, 0.25) is 0 Å². The molecule has 1 aromatic heterocycles. The molecule has 2 aromatic carbocycles. The molecule has 1 heterocycles. The molecule has 0 saturated heterocycles. The normalized spacial score (nSPS) is 12.0. The first-order chi connectivity index (χ1) is 12.4. The summed E-state index contributed by atoms with van der Waals surface area (Å²) in [6, 6.07) is 10.0. The molecule has 0 saturated carbocycles. The highest BCUT2D eigenvalue weighted by molar-refractivity contribution is 6.20. The fourth-order valence-electron chi connectivity index (χ4n) is 2.54. The highest BCUT2D eigenvalue weighted by Gasteiger charge is 2.22. The Bertz CT molecular complexity index is 972. The van der Waals surface area contributed by atoms with E-state index in [0.717, 1.165) is 12.1 Å². The summed E-state index contributed by atoms with van der Waals surface area (Å²) >= 11 is 5.43. The van der Waals surface area contributed by atoms with Crippen molar-refractivity contribution in [3.05, 3.63) is 71.6 Å². The van der Waals surface area contributed by atoms with Crippen molar-refractivity contribution < 1.29 is 18.0 Å². The minimum atomic E-state index is -1.93. The Morgan fingerprint density at radius 2 is 1.92 bits per heavy atom. The summed E-state index contributed by atoms with van der Waals surface area (Å²) in [6.07, 6.45) is 1.35. The van der Waals surface area contributed by atoms with Crippen molar-refractivity contribution in [2.24, 2.45) is 7.05 Å². The highest BCUT2D eigenvalue weighted by atomic mass is 35.5. The maximum Gasteiger partial charge on any atom is 0.259 e. The lowest BCUT2D eigenvalue weighted by Crippen LogP contribution is -2.14. The monoisotopic (exact) mass is 379 g/mol. The van der Waals surface area contributed by atoms with Gasteiger partial charge in [-0.15, -0.1) is 0 Å². The molecule has 3 aromatic rings. The Labute approximate surface area is 152 Å². The number of hydrogen-bond acceptors (Lipinski definition) is 2. The topological polar surface area (TPSA) is 46.9 Å². The molecule has 0 aliphatic carbocycles. The average Bonchev–Trinajstić information content (AvgIpc) is 3.00. The number of halogens is 4. The van der Waals surface area contributed by atoms with Gasteiger partial charge in [-0.2, -0.15) is 5.10 Å². The van der Waals surface area contributed by atoms with Crippen LogP contribution in [-0.2, 0) is 7.05 Å². The maximum absolute atomic E-state index is 13.5. The lowest BCUT2D eigenvalue weighted by atomic mass is 10.0. The molecule has 3 rings (SSSR count). The summed E-state index contributed by atoms with van der Waals surface area (Å²) in [5, 5.41) is 6.47. The van der Waals surface area contributed by atoms with Crippen molar-refractivity contribution in [1.82, 2.24) is 9.78 Å². The number of carbonyl (C=O) groups excluding carboxylic acids is 1. The molecule has 8 heteroatoms. The van der Waals surface area contributed by atoms with Gasteiger partial charge in [0.15, 0.2) is 11.6 Å². The number of nitrogens with zero attached hydrogens (tertiary/aromatic N) is 2. The summed E-state index contributed by atoms with van der Waals surface area (Å²) in [4.78, 5) is 12.5. The van der Waals surface area contributed by atoms with Crippen LogP contribution in [0.15, 0.2) is 48.7 Å². The number of aryl methyl sites for hydroxylation is 1. The van der Waals surface area contributed by atoms with E-state index in [1.54, 1.807) is 24.3 Å². The number of nitrogens with one attached hydrogen (secondary N) is 1. The van der Waals surface area contributed by atoms with Crippen LogP contribution in [0, 0.1) is 11.6 Å². The van der Waals surface area contributed by atoms with Gasteiger partial charge >= 0.3 is 0 Å². The van der Waals surface area contributed by atoms with E-state index in [4.69, 9.17) is 11.6 Å². The molecule has 26 heavy (non-hydrogen) atoms. The lowest BCUT2D eigenvalue weighted by Gasteiger charge is -2.11. The Balaban J connectivity index is 1.96. The van der Waals surface area contributed by atoms with Crippen LogP contribution < -0.4 is 5.32 Å². The van der Waals surface area contributed by atoms with Crippen molar-refractivity contribution in [2.75, 3.05) is 5.32 Å². The number of para-hydroxylation sites is 1. The molecule has 0 spiro atoms. The summed E-state index contributed by atoms with van der Waals surface area (Å²) in [7, 11) is 1.54. The fraction of sp³-hybridized carbons (Fsp3) is 0.111. The van der Waals surface area contributed by atoms with Gasteiger partial charge in [0.05, 0.1) is 5.56 Å². The van der Waals surface area contributed by atoms with Crippen LogP contribution in [0.5, 0.6) is 0 Å². The van der Waals surface area contributed by atoms with Gasteiger partial charge in [0.25, 0.3) is 5.91 Å². The Hall–Kier alpha value is -2.80. The van der Waals surface area contributed by atoms with E-state index >= 15 is 0 Å². The summed E-state index contributed by atoms with van der Waals surface area (Å²) in [5.74, 6) is -2.58. The fourth-order valence-corrected chi connectivity index (χ4v) is 2.70. The lowest BCUT2D eigenvalue weighted by molar-refractivity contribution is 0.102. The molecule has 4 nitrogen and oxygen atoms in total. The Kier molecular flexibility index (Phi) is 4.99. The van der Waals surface area contributed by atoms with E-state index < -0.39 is 23.2 Å². The third-order valence-corrected chi connectivity index (χ3v) is 3.92. The van der Waals surface area contributed by atoms with Crippen LogP contribution in [-0.4, -0.2) is 15.7 Å². The van der Waals surface area contributed by atoms with E-state index in [9.17, 15) is 18.0 Å². The van der Waals surface area contributed by atoms with Crippen molar-refractivity contribution in [3.63, 3.8) is 0 Å². The summed E-state index contributed by atoms with van der Waals surface area (Å²) in [5.41, 5.74) is -0.937. The summed E-state index contributed by atoms with van der Waals surface area (Å²) in [6.45, 7) is 0. The van der Waals surface area contributed by atoms with Gasteiger partial charge < -0.3 is 5.32 Å². The van der Waals surface area contributed by atoms with Gasteiger partial charge in [-0.1, -0.05) is 35.9 Å². The quantitative estimate of drug-likeness (QED) is 0.660. The zero-order chi connectivity index (χ0) is 18.8. The van der Waals surface area contributed by atoms with E-state index in [1.165, 1.54) is 24.0 Å². The minimum Gasteiger partial charge on any atom is -0.321 e. The number of carbonyl (C=O) groups is 1. The predicted molar refractivity (Wildman–Crippen MR) is 92.7 cm³/mol. The largest absolute Gasteiger partial charge is 0.321 e. The van der Waals surface area contributed by atoms with Crippen molar-refractivity contribution in [2.45, 2.75) is 5.63 Å². The number of amides is 1. The standard InChI is InChI=1S/C18H13ClF3N3O/c1-25-9-12(16(24-25)17(19)22)18(26)23-15-5-3-2-4-11(15)10-6-7-13(20)14(21)8-10/h2-9,17H,1H3,(H,23,26). The van der Waals surface area contributed by atoms with Crippen LogP contribution in [0.1, 0.15) is 21.7 Å². The molecule has 0 bridgehead atoms. The number of aromatic nitrogens is 2. The number of anilines is 1. The molecule has 0 aliphatic heterocycles. The zero-order valence-electron chi connectivity index (χ0n) is 13.5. The highest BCUT2D eigenvalue weighted by Crippen LogP contribution is 2.30. The molecular weight excluding hydrogens is 367 g/mol. The molecule has 0 fully saturated rings. The number of alkyl halides is 2. The van der Waals surface area contributed by atoms with Gasteiger partial charge in [-0.3, -0.25) is 9.48 Å².